The summed E-state index contributed by atoms with van der Waals surface area (Å²) in [7, 11) is 3.72. The minimum absolute atomic E-state index is 0.0816. The van der Waals surface area contributed by atoms with Crippen LogP contribution in [0, 0.1) is 0 Å². The van der Waals surface area contributed by atoms with E-state index in [1.807, 2.05) is 19.0 Å². The Bertz CT molecular complexity index is 464. The zero-order chi connectivity index (χ0) is 14.6. The van der Waals surface area contributed by atoms with Crippen LogP contribution in [0.15, 0.2) is 12.1 Å². The summed E-state index contributed by atoms with van der Waals surface area (Å²) in [6.07, 6.45) is 0. The van der Waals surface area contributed by atoms with Gasteiger partial charge in [-0.25, -0.2) is 9.78 Å². The van der Waals surface area contributed by atoms with Crippen molar-refractivity contribution < 1.29 is 15.0 Å². The molecule has 0 aromatic carbocycles. The van der Waals surface area contributed by atoms with Gasteiger partial charge in [-0.1, -0.05) is 11.6 Å². The topological polar surface area (TPSA) is 85.7 Å². The molecule has 1 rings (SSSR count). The number of carboxylic acids is 1. The van der Waals surface area contributed by atoms with Crippen LogP contribution in [0.4, 0.5) is 5.82 Å². The van der Waals surface area contributed by atoms with Crippen LogP contribution in [-0.4, -0.2) is 58.9 Å². The Kier molecular flexibility index (Phi) is 5.11. The number of aromatic nitrogens is 1. The first kappa shape index (κ1) is 15.7. The maximum Gasteiger partial charge on any atom is 0.356 e. The fraction of sp³-hybridized carbons (Fsp3) is 0.500. The lowest BCUT2D eigenvalue weighted by Gasteiger charge is -2.27. The van der Waals surface area contributed by atoms with Crippen LogP contribution >= 0.6 is 11.6 Å². The largest absolute Gasteiger partial charge is 0.476 e. The third kappa shape index (κ3) is 5.02. The molecule has 1 heterocycles. The fourth-order valence-corrected chi connectivity index (χ4v) is 1.89. The molecular weight excluding hydrogens is 270 g/mol. The van der Waals surface area contributed by atoms with Gasteiger partial charge in [-0.15, -0.1) is 0 Å². The molecule has 3 N–H and O–H groups in total. The summed E-state index contributed by atoms with van der Waals surface area (Å²) >= 11 is 5.72. The summed E-state index contributed by atoms with van der Waals surface area (Å²) in [5.74, 6) is -0.825. The van der Waals surface area contributed by atoms with Crippen molar-refractivity contribution >= 4 is 23.4 Å². The number of likely N-dealkylation sites (N-methyl/N-ethyl adjacent to an activating group) is 1. The van der Waals surface area contributed by atoms with Gasteiger partial charge in [-0.3, -0.25) is 0 Å². The second-order valence-corrected chi connectivity index (χ2v) is 5.33. The number of halogens is 1. The zero-order valence-electron chi connectivity index (χ0n) is 11.1. The zero-order valence-corrected chi connectivity index (χ0v) is 11.9. The molecule has 0 aliphatic carbocycles. The standard InChI is InChI=1S/C12H18ClN3O3/c1-12(19,7-16(2)3)6-14-9-5-4-8(13)10(15-9)11(17)18/h4-5,19H,6-7H2,1-3H3,(H,14,15)(H,17,18). The van der Waals surface area contributed by atoms with Crippen molar-refractivity contribution in [2.24, 2.45) is 0 Å². The summed E-state index contributed by atoms with van der Waals surface area (Å²) in [4.78, 5) is 16.6. The van der Waals surface area contributed by atoms with Crippen molar-refractivity contribution in [1.82, 2.24) is 9.88 Å². The van der Waals surface area contributed by atoms with E-state index in [0.717, 1.165) is 0 Å². The van der Waals surface area contributed by atoms with Crippen LogP contribution < -0.4 is 5.32 Å². The SMILES string of the molecule is CN(C)CC(C)(O)CNc1ccc(Cl)c(C(=O)O)n1. The van der Waals surface area contributed by atoms with Gasteiger partial charge < -0.3 is 20.4 Å². The summed E-state index contributed by atoms with van der Waals surface area (Å²) in [6.45, 7) is 2.41. The minimum Gasteiger partial charge on any atom is -0.476 e. The van der Waals surface area contributed by atoms with E-state index in [0.29, 0.717) is 12.4 Å². The lowest BCUT2D eigenvalue weighted by atomic mass is 10.1. The highest BCUT2D eigenvalue weighted by atomic mass is 35.5. The van der Waals surface area contributed by atoms with E-state index in [9.17, 15) is 9.90 Å². The molecule has 0 radical (unpaired) electrons. The predicted octanol–water partition coefficient (Wildman–Crippen LogP) is 1.16. The monoisotopic (exact) mass is 287 g/mol. The summed E-state index contributed by atoms with van der Waals surface area (Å²) in [5, 5.41) is 22.0. The van der Waals surface area contributed by atoms with Gasteiger partial charge in [-0.05, 0) is 33.2 Å². The maximum absolute atomic E-state index is 10.9. The van der Waals surface area contributed by atoms with Gasteiger partial charge in [0.15, 0.2) is 5.69 Å². The third-order valence-electron chi connectivity index (χ3n) is 2.36. The molecular formula is C12H18ClN3O3. The van der Waals surface area contributed by atoms with Gasteiger partial charge in [0.25, 0.3) is 0 Å². The summed E-state index contributed by atoms with van der Waals surface area (Å²) < 4.78 is 0. The molecule has 0 saturated heterocycles. The second kappa shape index (κ2) is 6.18. The molecule has 0 amide bonds. The molecule has 0 bridgehead atoms. The van der Waals surface area contributed by atoms with Crippen molar-refractivity contribution in [2.45, 2.75) is 12.5 Å². The van der Waals surface area contributed by atoms with Gasteiger partial charge in [0, 0.05) is 13.1 Å². The average molecular weight is 288 g/mol. The minimum atomic E-state index is -1.19. The van der Waals surface area contributed by atoms with E-state index >= 15 is 0 Å². The van der Waals surface area contributed by atoms with E-state index in [1.54, 1.807) is 13.0 Å². The van der Waals surface area contributed by atoms with Crippen LogP contribution in [-0.2, 0) is 0 Å². The Morgan fingerprint density at radius 1 is 1.53 bits per heavy atom. The summed E-state index contributed by atoms with van der Waals surface area (Å²) in [5.41, 5.74) is -1.16. The average Bonchev–Trinajstić information content (AvgIpc) is 2.26. The molecule has 19 heavy (non-hydrogen) atoms. The first-order valence-corrected chi connectivity index (χ1v) is 6.10. The first-order chi connectivity index (χ1) is 8.71. The third-order valence-corrected chi connectivity index (χ3v) is 2.66. The number of carbonyl (C=O) groups is 1. The molecule has 106 valence electrons. The number of nitrogens with one attached hydrogen (secondary N) is 1. The number of carboxylic acid groups (broad SMARTS) is 1. The number of aromatic carboxylic acids is 1. The number of anilines is 1. The van der Waals surface area contributed by atoms with E-state index in [2.05, 4.69) is 10.3 Å². The molecule has 0 aliphatic heterocycles. The Morgan fingerprint density at radius 3 is 2.68 bits per heavy atom. The maximum atomic E-state index is 10.9. The van der Waals surface area contributed by atoms with Crippen LogP contribution in [0.3, 0.4) is 0 Å². The van der Waals surface area contributed by atoms with Crippen molar-refractivity contribution in [3.05, 3.63) is 22.8 Å². The quantitative estimate of drug-likeness (QED) is 0.728. The molecule has 6 nitrogen and oxygen atoms in total. The molecule has 0 fully saturated rings. The predicted molar refractivity (Wildman–Crippen MR) is 73.9 cm³/mol. The highest BCUT2D eigenvalue weighted by Crippen LogP contribution is 2.17. The number of hydrogen-bond donors (Lipinski definition) is 3. The Hall–Kier alpha value is -1.37. The number of nitrogens with zero attached hydrogens (tertiary/aromatic N) is 2. The normalized spacial score (nSPS) is 14.2. The molecule has 1 aromatic heterocycles. The van der Waals surface area contributed by atoms with Crippen molar-refractivity contribution in [1.29, 1.82) is 0 Å². The molecule has 7 heteroatoms. The Morgan fingerprint density at radius 2 is 2.16 bits per heavy atom. The van der Waals surface area contributed by atoms with Crippen molar-refractivity contribution in [2.75, 3.05) is 32.5 Å². The van der Waals surface area contributed by atoms with Crippen LogP contribution in [0.25, 0.3) is 0 Å². The van der Waals surface area contributed by atoms with Gasteiger partial charge in [-0.2, -0.15) is 0 Å². The number of aliphatic hydroxyl groups is 1. The fourth-order valence-electron chi connectivity index (χ4n) is 1.71. The molecule has 1 unspecified atom stereocenters. The van der Waals surface area contributed by atoms with Crippen LogP contribution in [0.2, 0.25) is 5.02 Å². The van der Waals surface area contributed by atoms with Gasteiger partial charge in [0.1, 0.15) is 5.82 Å². The number of pyridine rings is 1. The second-order valence-electron chi connectivity index (χ2n) is 4.92. The van der Waals surface area contributed by atoms with Gasteiger partial charge in [0.05, 0.1) is 10.6 Å². The van der Waals surface area contributed by atoms with Crippen molar-refractivity contribution in [3.8, 4) is 0 Å². The van der Waals surface area contributed by atoms with Crippen LogP contribution in [0.1, 0.15) is 17.4 Å². The Balaban J connectivity index is 2.73. The van der Waals surface area contributed by atoms with Gasteiger partial charge in [0.2, 0.25) is 0 Å². The van der Waals surface area contributed by atoms with E-state index in [-0.39, 0.29) is 17.3 Å². The van der Waals surface area contributed by atoms with Gasteiger partial charge >= 0.3 is 5.97 Å². The van der Waals surface area contributed by atoms with E-state index < -0.39 is 11.6 Å². The van der Waals surface area contributed by atoms with Crippen molar-refractivity contribution in [3.63, 3.8) is 0 Å². The highest BCUT2D eigenvalue weighted by molar-refractivity contribution is 6.33. The smallest absolute Gasteiger partial charge is 0.356 e. The molecule has 1 aromatic rings. The molecule has 0 aliphatic rings. The highest BCUT2D eigenvalue weighted by Gasteiger charge is 2.21. The lowest BCUT2D eigenvalue weighted by Crippen LogP contribution is -2.43. The number of hydrogen-bond acceptors (Lipinski definition) is 5. The van der Waals surface area contributed by atoms with E-state index in [1.165, 1.54) is 6.07 Å². The summed E-state index contributed by atoms with van der Waals surface area (Å²) in [6, 6.07) is 3.03. The first-order valence-electron chi connectivity index (χ1n) is 5.72. The molecule has 0 saturated carbocycles. The molecule has 1 atom stereocenters. The van der Waals surface area contributed by atoms with Crippen LogP contribution in [0.5, 0.6) is 0 Å². The molecule has 0 spiro atoms. The van der Waals surface area contributed by atoms with E-state index in [4.69, 9.17) is 16.7 Å². The number of rotatable bonds is 6. The Labute approximate surface area is 117 Å². The lowest BCUT2D eigenvalue weighted by molar-refractivity contribution is 0.0459.